The van der Waals surface area contributed by atoms with Crippen molar-refractivity contribution in [1.82, 2.24) is 4.90 Å². The van der Waals surface area contributed by atoms with E-state index in [-0.39, 0.29) is 28.4 Å². The third-order valence-electron chi connectivity index (χ3n) is 4.81. The number of carboxylic acid groups (broad SMARTS) is 1. The van der Waals surface area contributed by atoms with E-state index in [1.807, 2.05) is 0 Å². The molecule has 1 aromatic rings. The first-order valence-electron chi connectivity index (χ1n) is 7.09. The van der Waals surface area contributed by atoms with Crippen LogP contribution in [0.15, 0.2) is 18.2 Å². The standard InChI is InChI=1S/C16H17NO4/c1-9(2)16(5-6-16)8-17-13(18)11-4-3-10(15(20)21)7-12(11)14(17)19/h3-4,7,9H,5-6,8H2,1-2H3,(H,20,21). The van der Waals surface area contributed by atoms with Gasteiger partial charge < -0.3 is 5.11 Å². The van der Waals surface area contributed by atoms with Crippen LogP contribution in [0, 0.1) is 11.3 Å². The molecule has 1 heterocycles. The zero-order valence-electron chi connectivity index (χ0n) is 12.0. The smallest absolute Gasteiger partial charge is 0.335 e. The zero-order chi connectivity index (χ0) is 15.4. The number of carboxylic acids is 1. The van der Waals surface area contributed by atoms with E-state index in [1.165, 1.54) is 23.1 Å². The van der Waals surface area contributed by atoms with Crippen LogP contribution in [0.2, 0.25) is 0 Å². The Kier molecular flexibility index (Phi) is 2.90. The van der Waals surface area contributed by atoms with Gasteiger partial charge >= 0.3 is 5.97 Å². The highest BCUT2D eigenvalue weighted by Crippen LogP contribution is 2.53. The van der Waals surface area contributed by atoms with E-state index in [0.717, 1.165) is 12.8 Å². The predicted molar refractivity (Wildman–Crippen MR) is 75.3 cm³/mol. The van der Waals surface area contributed by atoms with Gasteiger partial charge in [0.1, 0.15) is 0 Å². The summed E-state index contributed by atoms with van der Waals surface area (Å²) in [6, 6.07) is 4.10. The first kappa shape index (κ1) is 13.8. The molecule has 0 spiro atoms. The molecule has 1 aliphatic carbocycles. The van der Waals surface area contributed by atoms with Gasteiger partial charge in [-0.05, 0) is 42.4 Å². The van der Waals surface area contributed by atoms with Gasteiger partial charge in [0.15, 0.2) is 0 Å². The maximum atomic E-state index is 12.4. The Morgan fingerprint density at radius 2 is 1.86 bits per heavy atom. The summed E-state index contributed by atoms with van der Waals surface area (Å²) in [4.78, 5) is 37.1. The molecule has 0 saturated heterocycles. The highest BCUT2D eigenvalue weighted by molar-refractivity contribution is 6.22. The second kappa shape index (κ2) is 4.41. The number of aromatic carboxylic acids is 1. The quantitative estimate of drug-likeness (QED) is 0.863. The number of rotatable bonds is 4. The van der Waals surface area contributed by atoms with E-state index < -0.39 is 5.97 Å². The first-order chi connectivity index (χ1) is 9.85. The Labute approximate surface area is 122 Å². The number of carbonyl (C=O) groups excluding carboxylic acids is 2. The fourth-order valence-electron chi connectivity index (χ4n) is 2.96. The van der Waals surface area contributed by atoms with E-state index in [0.29, 0.717) is 18.0 Å². The van der Waals surface area contributed by atoms with E-state index in [4.69, 9.17) is 5.11 Å². The zero-order valence-corrected chi connectivity index (χ0v) is 12.0. The molecule has 1 N–H and O–H groups in total. The van der Waals surface area contributed by atoms with Gasteiger partial charge in [-0.2, -0.15) is 0 Å². The first-order valence-corrected chi connectivity index (χ1v) is 7.09. The Morgan fingerprint density at radius 1 is 1.24 bits per heavy atom. The largest absolute Gasteiger partial charge is 0.478 e. The van der Waals surface area contributed by atoms with Crippen molar-refractivity contribution in [2.45, 2.75) is 26.7 Å². The van der Waals surface area contributed by atoms with E-state index >= 15 is 0 Å². The average Bonchev–Trinajstić information content (AvgIpc) is 3.19. The maximum Gasteiger partial charge on any atom is 0.335 e. The topological polar surface area (TPSA) is 74.7 Å². The fourth-order valence-corrected chi connectivity index (χ4v) is 2.96. The minimum absolute atomic E-state index is 0.0294. The summed E-state index contributed by atoms with van der Waals surface area (Å²) >= 11 is 0. The third-order valence-corrected chi connectivity index (χ3v) is 4.81. The lowest BCUT2D eigenvalue weighted by Gasteiger charge is -2.25. The molecule has 1 saturated carbocycles. The van der Waals surface area contributed by atoms with E-state index in [2.05, 4.69) is 13.8 Å². The molecule has 110 valence electrons. The van der Waals surface area contributed by atoms with Crippen LogP contribution in [0.1, 0.15) is 57.8 Å². The summed E-state index contributed by atoms with van der Waals surface area (Å²) in [7, 11) is 0. The second-order valence-corrected chi connectivity index (χ2v) is 6.28. The van der Waals surface area contributed by atoms with Crippen LogP contribution in [0.3, 0.4) is 0 Å². The Hall–Kier alpha value is -2.17. The molecule has 0 radical (unpaired) electrons. The number of hydrogen-bond acceptors (Lipinski definition) is 3. The van der Waals surface area contributed by atoms with Crippen molar-refractivity contribution in [2.75, 3.05) is 6.54 Å². The van der Waals surface area contributed by atoms with Crippen LogP contribution < -0.4 is 0 Å². The number of fused-ring (bicyclic) bond motifs is 1. The van der Waals surface area contributed by atoms with Crippen LogP contribution in [0.4, 0.5) is 0 Å². The van der Waals surface area contributed by atoms with Crippen molar-refractivity contribution in [3.05, 3.63) is 34.9 Å². The molecule has 1 aromatic carbocycles. The second-order valence-electron chi connectivity index (χ2n) is 6.28. The summed E-state index contributed by atoms with van der Waals surface area (Å²) in [5, 5.41) is 8.99. The van der Waals surface area contributed by atoms with Gasteiger partial charge in [0.25, 0.3) is 11.8 Å². The highest BCUT2D eigenvalue weighted by Gasteiger charge is 2.50. The molecule has 0 atom stereocenters. The molecule has 0 aromatic heterocycles. The Morgan fingerprint density at radius 3 is 2.38 bits per heavy atom. The highest BCUT2D eigenvalue weighted by atomic mass is 16.4. The van der Waals surface area contributed by atoms with Crippen molar-refractivity contribution in [3.63, 3.8) is 0 Å². The summed E-state index contributed by atoms with van der Waals surface area (Å²) < 4.78 is 0. The van der Waals surface area contributed by atoms with Crippen molar-refractivity contribution < 1.29 is 19.5 Å². The molecular weight excluding hydrogens is 270 g/mol. The molecule has 5 nitrogen and oxygen atoms in total. The molecule has 5 heteroatoms. The van der Waals surface area contributed by atoms with Gasteiger partial charge in [-0.15, -0.1) is 0 Å². The number of benzene rings is 1. The number of imide groups is 1. The predicted octanol–water partition coefficient (Wildman–Crippen LogP) is 2.42. The molecule has 2 aliphatic rings. The fraction of sp³-hybridized carbons (Fsp3) is 0.438. The summed E-state index contributed by atoms with van der Waals surface area (Å²) in [5.74, 6) is -1.36. The summed E-state index contributed by atoms with van der Waals surface area (Å²) in [6.45, 7) is 4.64. The molecular formula is C16H17NO4. The van der Waals surface area contributed by atoms with Gasteiger partial charge in [-0.1, -0.05) is 13.8 Å². The third kappa shape index (κ3) is 2.04. The monoisotopic (exact) mass is 287 g/mol. The molecule has 1 aliphatic heterocycles. The van der Waals surface area contributed by atoms with Crippen molar-refractivity contribution in [2.24, 2.45) is 11.3 Å². The van der Waals surface area contributed by atoms with Crippen molar-refractivity contribution >= 4 is 17.8 Å². The van der Waals surface area contributed by atoms with Gasteiger partial charge in [-0.25, -0.2) is 4.79 Å². The number of nitrogens with zero attached hydrogens (tertiary/aromatic N) is 1. The maximum absolute atomic E-state index is 12.4. The van der Waals surface area contributed by atoms with Crippen LogP contribution in [-0.2, 0) is 0 Å². The lowest BCUT2D eigenvalue weighted by Crippen LogP contribution is -2.37. The van der Waals surface area contributed by atoms with Crippen LogP contribution >= 0.6 is 0 Å². The molecule has 0 bridgehead atoms. The van der Waals surface area contributed by atoms with Crippen LogP contribution in [0.5, 0.6) is 0 Å². The van der Waals surface area contributed by atoms with Gasteiger partial charge in [0, 0.05) is 6.54 Å². The molecule has 0 unspecified atom stereocenters. The van der Waals surface area contributed by atoms with E-state index in [9.17, 15) is 14.4 Å². The summed E-state index contributed by atoms with van der Waals surface area (Å²) in [5.41, 5.74) is 0.592. The van der Waals surface area contributed by atoms with E-state index in [1.54, 1.807) is 0 Å². The normalized spacial score (nSPS) is 19.1. The lowest BCUT2D eigenvalue weighted by molar-refractivity contribution is 0.0601. The molecule has 1 fully saturated rings. The number of hydrogen-bond donors (Lipinski definition) is 1. The van der Waals surface area contributed by atoms with Crippen molar-refractivity contribution in [1.29, 1.82) is 0 Å². The lowest BCUT2D eigenvalue weighted by atomic mass is 9.92. The van der Waals surface area contributed by atoms with Crippen molar-refractivity contribution in [3.8, 4) is 0 Å². The Bertz CT molecular complexity index is 658. The molecule has 2 amide bonds. The molecule has 3 rings (SSSR count). The average molecular weight is 287 g/mol. The molecule has 21 heavy (non-hydrogen) atoms. The number of carbonyl (C=O) groups is 3. The minimum atomic E-state index is -1.10. The van der Waals surface area contributed by atoms with Crippen LogP contribution in [0.25, 0.3) is 0 Å². The van der Waals surface area contributed by atoms with Gasteiger partial charge in [0.2, 0.25) is 0 Å². The summed E-state index contributed by atoms with van der Waals surface area (Å²) in [6.07, 6.45) is 2.05. The number of amides is 2. The minimum Gasteiger partial charge on any atom is -0.478 e. The SMILES string of the molecule is CC(C)C1(CN2C(=O)c3ccc(C(=O)O)cc3C2=O)CC1. The Balaban J connectivity index is 1.92. The van der Waals surface area contributed by atoms with Crippen LogP contribution in [-0.4, -0.2) is 34.3 Å². The van der Waals surface area contributed by atoms with Gasteiger partial charge in [-0.3, -0.25) is 14.5 Å². The van der Waals surface area contributed by atoms with Gasteiger partial charge in [0.05, 0.1) is 16.7 Å².